The van der Waals surface area contributed by atoms with E-state index in [1.807, 2.05) is 0 Å². The molecule has 4 heteroatoms. The van der Waals surface area contributed by atoms with Gasteiger partial charge in [0.15, 0.2) is 11.5 Å². The predicted octanol–water partition coefficient (Wildman–Crippen LogP) is 0.568. The fourth-order valence-corrected chi connectivity index (χ4v) is 1.14. The number of phenolic OH excluding ortho intramolecular Hbond substituents is 2. The van der Waals surface area contributed by atoms with Crippen LogP contribution >= 0.6 is 0 Å². The zero-order valence-electron chi connectivity index (χ0n) is 8.07. The first kappa shape index (κ1) is 10.8. The summed E-state index contributed by atoms with van der Waals surface area (Å²) in [7, 11) is 0. The Morgan fingerprint density at radius 1 is 1.36 bits per heavy atom. The second-order valence-electron chi connectivity index (χ2n) is 3.26. The summed E-state index contributed by atoms with van der Waals surface area (Å²) >= 11 is 0. The number of aliphatic hydroxyl groups excluding tert-OH is 1. The smallest absolute Gasteiger partial charge is 0.161 e. The molecule has 0 spiro atoms. The molecule has 0 bridgehead atoms. The van der Waals surface area contributed by atoms with E-state index in [4.69, 9.17) is 5.11 Å². The number of hydrogen-bond donors (Lipinski definition) is 4. The minimum atomic E-state index is -0.422. The minimum Gasteiger partial charge on any atom is -0.504 e. The van der Waals surface area contributed by atoms with Crippen molar-refractivity contribution in [3.05, 3.63) is 23.8 Å². The molecule has 0 saturated carbocycles. The van der Waals surface area contributed by atoms with E-state index >= 15 is 0 Å². The topological polar surface area (TPSA) is 72.7 Å². The third-order valence-corrected chi connectivity index (χ3v) is 1.85. The number of phenols is 2. The standard InChI is InChI=1S/C10H15NO3/c1-7(12)5-11-6-8-3-2-4-9(13)10(8)14/h2-4,7,11-14H,5-6H2,1H3. The first-order valence-electron chi connectivity index (χ1n) is 4.50. The summed E-state index contributed by atoms with van der Waals surface area (Å²) in [5.74, 6) is -0.230. The third-order valence-electron chi connectivity index (χ3n) is 1.85. The Morgan fingerprint density at radius 3 is 2.71 bits per heavy atom. The van der Waals surface area contributed by atoms with Gasteiger partial charge in [0.1, 0.15) is 0 Å². The van der Waals surface area contributed by atoms with Crippen molar-refractivity contribution in [3.63, 3.8) is 0 Å². The summed E-state index contributed by atoms with van der Waals surface area (Å²) in [4.78, 5) is 0. The molecule has 0 radical (unpaired) electrons. The van der Waals surface area contributed by atoms with Crippen LogP contribution in [-0.4, -0.2) is 28.0 Å². The highest BCUT2D eigenvalue weighted by Crippen LogP contribution is 2.27. The molecular weight excluding hydrogens is 182 g/mol. The summed E-state index contributed by atoms with van der Waals surface area (Å²) in [6.07, 6.45) is -0.422. The van der Waals surface area contributed by atoms with Gasteiger partial charge < -0.3 is 20.6 Å². The molecule has 1 aromatic rings. The largest absolute Gasteiger partial charge is 0.504 e. The molecule has 0 heterocycles. The lowest BCUT2D eigenvalue weighted by molar-refractivity contribution is 0.191. The Hall–Kier alpha value is -1.26. The van der Waals surface area contributed by atoms with E-state index in [2.05, 4.69) is 5.32 Å². The normalized spacial score (nSPS) is 12.7. The Labute approximate surface area is 82.8 Å². The monoisotopic (exact) mass is 197 g/mol. The van der Waals surface area contributed by atoms with Crippen molar-refractivity contribution in [2.45, 2.75) is 19.6 Å². The van der Waals surface area contributed by atoms with E-state index in [-0.39, 0.29) is 11.5 Å². The van der Waals surface area contributed by atoms with Crippen LogP contribution < -0.4 is 5.32 Å². The fraction of sp³-hybridized carbons (Fsp3) is 0.400. The van der Waals surface area contributed by atoms with Gasteiger partial charge in [0, 0.05) is 18.7 Å². The van der Waals surface area contributed by atoms with E-state index in [1.165, 1.54) is 6.07 Å². The molecule has 0 aromatic heterocycles. The molecule has 1 atom stereocenters. The SMILES string of the molecule is CC(O)CNCc1cccc(O)c1O. The quantitative estimate of drug-likeness (QED) is 0.532. The Morgan fingerprint density at radius 2 is 2.07 bits per heavy atom. The predicted molar refractivity (Wildman–Crippen MR) is 53.2 cm³/mol. The van der Waals surface area contributed by atoms with Gasteiger partial charge >= 0.3 is 0 Å². The van der Waals surface area contributed by atoms with Crippen LogP contribution in [0.15, 0.2) is 18.2 Å². The maximum Gasteiger partial charge on any atom is 0.161 e. The Balaban J connectivity index is 2.54. The van der Waals surface area contributed by atoms with Crippen molar-refractivity contribution in [2.24, 2.45) is 0 Å². The van der Waals surface area contributed by atoms with Crippen LogP contribution in [0.25, 0.3) is 0 Å². The van der Waals surface area contributed by atoms with Crippen molar-refractivity contribution in [1.29, 1.82) is 0 Å². The van der Waals surface area contributed by atoms with Crippen molar-refractivity contribution < 1.29 is 15.3 Å². The van der Waals surface area contributed by atoms with Crippen molar-refractivity contribution >= 4 is 0 Å². The lowest BCUT2D eigenvalue weighted by Crippen LogP contribution is -2.23. The molecule has 0 saturated heterocycles. The first-order chi connectivity index (χ1) is 6.61. The Bertz CT molecular complexity index is 299. The lowest BCUT2D eigenvalue weighted by Gasteiger charge is -2.08. The second-order valence-corrected chi connectivity index (χ2v) is 3.26. The van der Waals surface area contributed by atoms with E-state index in [1.54, 1.807) is 19.1 Å². The minimum absolute atomic E-state index is 0.106. The van der Waals surface area contributed by atoms with Crippen molar-refractivity contribution in [1.82, 2.24) is 5.32 Å². The molecular formula is C10H15NO3. The number of rotatable bonds is 4. The van der Waals surface area contributed by atoms with Gasteiger partial charge in [0.2, 0.25) is 0 Å². The summed E-state index contributed by atoms with van der Waals surface area (Å²) in [6, 6.07) is 4.80. The van der Waals surface area contributed by atoms with Crippen LogP contribution in [0.5, 0.6) is 11.5 Å². The number of nitrogens with one attached hydrogen (secondary N) is 1. The van der Waals surface area contributed by atoms with Crippen LogP contribution in [0, 0.1) is 0 Å². The van der Waals surface area contributed by atoms with Gasteiger partial charge in [-0.05, 0) is 13.0 Å². The van der Waals surface area contributed by atoms with Gasteiger partial charge in [-0.3, -0.25) is 0 Å². The molecule has 0 amide bonds. The maximum atomic E-state index is 9.41. The summed E-state index contributed by atoms with van der Waals surface area (Å²) in [6.45, 7) is 2.55. The lowest BCUT2D eigenvalue weighted by atomic mass is 10.2. The molecule has 1 aromatic carbocycles. The molecule has 4 N–H and O–H groups in total. The van der Waals surface area contributed by atoms with Crippen LogP contribution in [0.1, 0.15) is 12.5 Å². The number of hydrogen-bond acceptors (Lipinski definition) is 4. The number of benzene rings is 1. The molecule has 0 aliphatic heterocycles. The Kier molecular flexibility index (Phi) is 3.73. The highest BCUT2D eigenvalue weighted by molar-refractivity contribution is 5.44. The van der Waals surface area contributed by atoms with Crippen LogP contribution in [0.3, 0.4) is 0 Å². The molecule has 0 aliphatic carbocycles. The fourth-order valence-electron chi connectivity index (χ4n) is 1.14. The van der Waals surface area contributed by atoms with Gasteiger partial charge in [-0.2, -0.15) is 0 Å². The number of para-hydroxylation sites is 1. The number of aromatic hydroxyl groups is 2. The second kappa shape index (κ2) is 4.83. The molecule has 1 rings (SSSR count). The summed E-state index contributed by atoms with van der Waals surface area (Å²) in [5, 5.41) is 30.5. The van der Waals surface area contributed by atoms with Gasteiger partial charge in [-0.1, -0.05) is 12.1 Å². The summed E-state index contributed by atoms with van der Waals surface area (Å²) in [5.41, 5.74) is 0.616. The van der Waals surface area contributed by atoms with Gasteiger partial charge in [-0.25, -0.2) is 0 Å². The van der Waals surface area contributed by atoms with Crippen LogP contribution in [0.4, 0.5) is 0 Å². The van der Waals surface area contributed by atoms with E-state index in [0.717, 1.165) is 0 Å². The molecule has 4 nitrogen and oxygen atoms in total. The highest BCUT2D eigenvalue weighted by atomic mass is 16.3. The van der Waals surface area contributed by atoms with Crippen molar-refractivity contribution in [2.75, 3.05) is 6.54 Å². The maximum absolute atomic E-state index is 9.41. The zero-order valence-corrected chi connectivity index (χ0v) is 8.07. The average Bonchev–Trinajstić information content (AvgIpc) is 2.12. The van der Waals surface area contributed by atoms with E-state index < -0.39 is 6.10 Å². The average molecular weight is 197 g/mol. The van der Waals surface area contributed by atoms with E-state index in [9.17, 15) is 10.2 Å². The summed E-state index contributed by atoms with van der Waals surface area (Å²) < 4.78 is 0. The van der Waals surface area contributed by atoms with Crippen molar-refractivity contribution in [3.8, 4) is 11.5 Å². The molecule has 1 unspecified atom stereocenters. The van der Waals surface area contributed by atoms with Crippen LogP contribution in [-0.2, 0) is 6.54 Å². The first-order valence-corrected chi connectivity index (χ1v) is 4.50. The molecule has 14 heavy (non-hydrogen) atoms. The number of aliphatic hydroxyl groups is 1. The van der Waals surface area contributed by atoms with Gasteiger partial charge in [0.05, 0.1) is 6.10 Å². The van der Waals surface area contributed by atoms with Crippen LogP contribution in [0.2, 0.25) is 0 Å². The molecule has 0 aliphatic rings. The van der Waals surface area contributed by atoms with Gasteiger partial charge in [-0.15, -0.1) is 0 Å². The zero-order chi connectivity index (χ0) is 10.6. The highest BCUT2D eigenvalue weighted by Gasteiger charge is 2.05. The van der Waals surface area contributed by atoms with Gasteiger partial charge in [0.25, 0.3) is 0 Å². The third kappa shape index (κ3) is 2.90. The molecule has 78 valence electrons. The molecule has 0 fully saturated rings. The van der Waals surface area contributed by atoms with E-state index in [0.29, 0.717) is 18.7 Å².